The Bertz CT molecular complexity index is 490. The van der Waals surface area contributed by atoms with Crippen molar-refractivity contribution in [1.29, 1.82) is 0 Å². The zero-order chi connectivity index (χ0) is 15.2. The number of rotatable bonds is 7. The summed E-state index contributed by atoms with van der Waals surface area (Å²) in [5.41, 5.74) is 0. The zero-order valence-electron chi connectivity index (χ0n) is 11.3. The third-order valence-electron chi connectivity index (χ3n) is 2.67. The van der Waals surface area contributed by atoms with Gasteiger partial charge in [-0.05, 0) is 18.6 Å². The number of halogens is 2. The van der Waals surface area contributed by atoms with Crippen LogP contribution in [0.5, 0.6) is 0 Å². The second-order valence-corrected chi connectivity index (χ2v) is 8.51. The SMILES string of the molecule is CCCCOP(=O)(c1ccccc1)C(Cl)(Cl)C(=O)OC. The molecule has 1 aromatic carbocycles. The molecule has 0 radical (unpaired) electrons. The molecule has 0 aliphatic carbocycles. The van der Waals surface area contributed by atoms with E-state index < -0.39 is 17.4 Å². The minimum atomic E-state index is -3.82. The molecule has 1 rings (SSSR count). The highest BCUT2D eigenvalue weighted by atomic mass is 35.5. The molecule has 0 saturated heterocycles. The van der Waals surface area contributed by atoms with Gasteiger partial charge in [-0.1, -0.05) is 54.7 Å². The molecule has 20 heavy (non-hydrogen) atoms. The highest BCUT2D eigenvalue weighted by Gasteiger charge is 2.55. The fourth-order valence-corrected chi connectivity index (χ4v) is 4.47. The van der Waals surface area contributed by atoms with Crippen molar-refractivity contribution >= 4 is 41.8 Å². The van der Waals surface area contributed by atoms with Crippen molar-refractivity contribution in [3.8, 4) is 0 Å². The van der Waals surface area contributed by atoms with E-state index in [0.29, 0.717) is 6.42 Å². The smallest absolute Gasteiger partial charge is 0.353 e. The van der Waals surface area contributed by atoms with Crippen LogP contribution in [0.4, 0.5) is 0 Å². The monoisotopic (exact) mass is 338 g/mol. The number of carbonyl (C=O) groups is 1. The van der Waals surface area contributed by atoms with Gasteiger partial charge in [-0.3, -0.25) is 4.57 Å². The summed E-state index contributed by atoms with van der Waals surface area (Å²) in [6.07, 6.45) is 1.53. The van der Waals surface area contributed by atoms with Gasteiger partial charge in [-0.2, -0.15) is 0 Å². The standard InChI is InChI=1S/C13H17Cl2O4P/c1-3-4-10-19-20(17,11-8-6-5-7-9-11)13(14,15)12(16)18-2/h5-9H,3-4,10H2,1-2H3. The summed E-state index contributed by atoms with van der Waals surface area (Å²) in [5, 5.41) is 0.284. The maximum absolute atomic E-state index is 13.1. The molecule has 1 aromatic rings. The molecular weight excluding hydrogens is 322 g/mol. The van der Waals surface area contributed by atoms with Crippen LogP contribution < -0.4 is 5.30 Å². The van der Waals surface area contributed by atoms with Gasteiger partial charge in [0.1, 0.15) is 0 Å². The van der Waals surface area contributed by atoms with E-state index >= 15 is 0 Å². The third kappa shape index (κ3) is 3.56. The molecule has 0 aromatic heterocycles. The van der Waals surface area contributed by atoms with Crippen LogP contribution in [-0.2, 0) is 18.6 Å². The van der Waals surface area contributed by atoms with Crippen molar-refractivity contribution < 1.29 is 18.6 Å². The average Bonchev–Trinajstić information content (AvgIpc) is 2.47. The van der Waals surface area contributed by atoms with E-state index in [-0.39, 0.29) is 11.9 Å². The van der Waals surface area contributed by atoms with E-state index in [1.807, 2.05) is 6.92 Å². The number of benzene rings is 1. The molecule has 0 heterocycles. The lowest BCUT2D eigenvalue weighted by molar-refractivity contribution is -0.139. The van der Waals surface area contributed by atoms with Crippen molar-refractivity contribution in [3.05, 3.63) is 30.3 Å². The Hall–Kier alpha value is -0.540. The molecular formula is C13H17Cl2O4P. The van der Waals surface area contributed by atoms with Crippen molar-refractivity contribution in [2.75, 3.05) is 13.7 Å². The second kappa shape index (κ2) is 7.46. The summed E-state index contributed by atoms with van der Waals surface area (Å²) in [5.74, 6) is -0.996. The molecule has 0 aliphatic rings. The van der Waals surface area contributed by atoms with Gasteiger partial charge in [0.05, 0.1) is 13.7 Å². The summed E-state index contributed by atoms with van der Waals surface area (Å²) < 4.78 is 20.8. The first-order valence-electron chi connectivity index (χ1n) is 6.16. The normalized spacial score (nSPS) is 14.6. The van der Waals surface area contributed by atoms with Crippen LogP contribution in [0.15, 0.2) is 30.3 Å². The molecule has 0 fully saturated rings. The Morgan fingerprint density at radius 1 is 1.30 bits per heavy atom. The Morgan fingerprint density at radius 3 is 2.40 bits per heavy atom. The lowest BCUT2D eigenvalue weighted by Crippen LogP contribution is -2.33. The Kier molecular flexibility index (Phi) is 6.53. The molecule has 7 heteroatoms. The van der Waals surface area contributed by atoms with E-state index in [4.69, 9.17) is 27.7 Å². The molecule has 1 unspecified atom stereocenters. The van der Waals surface area contributed by atoms with E-state index in [0.717, 1.165) is 13.5 Å². The van der Waals surface area contributed by atoms with Crippen molar-refractivity contribution in [2.24, 2.45) is 0 Å². The van der Waals surface area contributed by atoms with Crippen LogP contribution >= 0.6 is 30.6 Å². The van der Waals surface area contributed by atoms with Crippen LogP contribution in [0.1, 0.15) is 19.8 Å². The number of ether oxygens (including phenoxy) is 1. The molecule has 0 spiro atoms. The maximum Gasteiger partial charge on any atom is 0.353 e. The van der Waals surface area contributed by atoms with Crippen molar-refractivity contribution in [1.82, 2.24) is 0 Å². The van der Waals surface area contributed by atoms with Gasteiger partial charge >= 0.3 is 5.97 Å². The summed E-state index contributed by atoms with van der Waals surface area (Å²) >= 11 is 12.0. The number of carbonyl (C=O) groups excluding carboxylic acids is 1. The number of methoxy groups -OCH3 is 1. The van der Waals surface area contributed by atoms with Crippen LogP contribution in [-0.4, -0.2) is 23.8 Å². The number of hydrogen-bond donors (Lipinski definition) is 0. The van der Waals surface area contributed by atoms with E-state index in [1.54, 1.807) is 30.3 Å². The molecule has 0 N–H and O–H groups in total. The lowest BCUT2D eigenvalue weighted by Gasteiger charge is -2.27. The van der Waals surface area contributed by atoms with Gasteiger partial charge in [0.15, 0.2) is 0 Å². The number of alkyl halides is 2. The van der Waals surface area contributed by atoms with Crippen molar-refractivity contribution in [2.45, 2.75) is 23.8 Å². The van der Waals surface area contributed by atoms with Gasteiger partial charge in [-0.25, -0.2) is 4.79 Å². The lowest BCUT2D eigenvalue weighted by atomic mass is 10.4. The molecule has 4 nitrogen and oxygen atoms in total. The Morgan fingerprint density at radius 2 is 1.90 bits per heavy atom. The zero-order valence-corrected chi connectivity index (χ0v) is 13.8. The van der Waals surface area contributed by atoms with E-state index in [9.17, 15) is 9.36 Å². The summed E-state index contributed by atoms with van der Waals surface area (Å²) in [7, 11) is -2.69. The largest absolute Gasteiger partial charge is 0.466 e. The molecule has 0 bridgehead atoms. The summed E-state index contributed by atoms with van der Waals surface area (Å²) in [4.78, 5) is 11.7. The van der Waals surface area contributed by atoms with Gasteiger partial charge in [0.25, 0.3) is 11.4 Å². The van der Waals surface area contributed by atoms with Gasteiger partial charge in [-0.15, -0.1) is 0 Å². The first-order chi connectivity index (χ1) is 9.40. The van der Waals surface area contributed by atoms with Gasteiger partial charge in [0, 0.05) is 5.30 Å². The minimum absolute atomic E-state index is 0.195. The predicted molar refractivity (Wildman–Crippen MR) is 81.0 cm³/mol. The Labute approximate surface area is 128 Å². The topological polar surface area (TPSA) is 52.6 Å². The van der Waals surface area contributed by atoms with Crippen LogP contribution in [0.3, 0.4) is 0 Å². The van der Waals surface area contributed by atoms with Crippen LogP contribution in [0.2, 0.25) is 0 Å². The molecule has 1 atom stereocenters. The fourth-order valence-electron chi connectivity index (χ4n) is 1.52. The number of unbranched alkanes of at least 4 members (excludes halogenated alkanes) is 1. The highest BCUT2D eigenvalue weighted by Crippen LogP contribution is 2.63. The molecule has 0 aliphatic heterocycles. The summed E-state index contributed by atoms with van der Waals surface area (Å²) in [6.45, 7) is 2.16. The van der Waals surface area contributed by atoms with Gasteiger partial charge < -0.3 is 9.26 Å². The molecule has 0 saturated carbocycles. The van der Waals surface area contributed by atoms with Crippen molar-refractivity contribution in [3.63, 3.8) is 0 Å². The maximum atomic E-state index is 13.1. The van der Waals surface area contributed by atoms with Gasteiger partial charge in [0.2, 0.25) is 0 Å². The number of hydrogen-bond acceptors (Lipinski definition) is 4. The first kappa shape index (κ1) is 17.5. The van der Waals surface area contributed by atoms with Crippen LogP contribution in [0.25, 0.3) is 0 Å². The second-order valence-electron chi connectivity index (χ2n) is 4.11. The quantitative estimate of drug-likeness (QED) is 0.329. The summed E-state index contributed by atoms with van der Waals surface area (Å²) in [6, 6.07) is 8.23. The predicted octanol–water partition coefficient (Wildman–Crippen LogP) is 3.71. The highest BCUT2D eigenvalue weighted by molar-refractivity contribution is 7.73. The van der Waals surface area contributed by atoms with Crippen LogP contribution in [0, 0.1) is 0 Å². The third-order valence-corrected chi connectivity index (χ3v) is 6.76. The minimum Gasteiger partial charge on any atom is -0.466 e. The first-order valence-corrected chi connectivity index (χ1v) is 8.54. The van der Waals surface area contributed by atoms with E-state index in [1.165, 1.54) is 0 Å². The molecule has 112 valence electrons. The van der Waals surface area contributed by atoms with E-state index in [2.05, 4.69) is 4.74 Å². The number of esters is 1. The average molecular weight is 339 g/mol. The Balaban J connectivity index is 3.21. The molecule has 0 amide bonds. The fraction of sp³-hybridized carbons (Fsp3) is 0.462.